The van der Waals surface area contributed by atoms with Gasteiger partial charge in [-0.15, -0.1) is 11.3 Å². The van der Waals surface area contributed by atoms with Crippen molar-refractivity contribution in [3.05, 3.63) is 52.1 Å². The predicted molar refractivity (Wildman–Crippen MR) is 81.9 cm³/mol. The Hall–Kier alpha value is -1.85. The molecule has 3 rings (SSSR count). The molecule has 1 unspecified atom stereocenters. The highest BCUT2D eigenvalue weighted by Crippen LogP contribution is 2.35. The number of furan rings is 1. The van der Waals surface area contributed by atoms with E-state index in [1.165, 1.54) is 6.08 Å². The normalized spacial score (nSPS) is 21.4. The number of carbonyl (C=O) groups excluding carboxylic acids is 1. The van der Waals surface area contributed by atoms with Gasteiger partial charge in [0.2, 0.25) is 5.91 Å². The Balaban J connectivity index is 1.62. The van der Waals surface area contributed by atoms with Crippen molar-refractivity contribution >= 4 is 23.3 Å². The summed E-state index contributed by atoms with van der Waals surface area (Å²) >= 11 is 1.57. The Morgan fingerprint density at radius 2 is 2.43 bits per heavy atom. The Morgan fingerprint density at radius 1 is 1.52 bits per heavy atom. The van der Waals surface area contributed by atoms with E-state index in [-0.39, 0.29) is 12.5 Å². The van der Waals surface area contributed by atoms with Crippen LogP contribution in [0.2, 0.25) is 0 Å². The molecule has 5 heteroatoms. The maximum atomic E-state index is 11.8. The fraction of sp³-hybridized carbons (Fsp3) is 0.312. The zero-order valence-electron chi connectivity index (χ0n) is 11.5. The first-order chi connectivity index (χ1) is 10.2. The second kappa shape index (κ2) is 5.87. The number of fused-ring (bicyclic) bond motifs is 1. The standard InChI is InChI=1S/C16H17NO3S/c18-15(6-5-12-3-2-10-21-12)17-11-16(19)8-1-4-14-13(16)7-9-20-14/h2-3,5-7,9-10,19H,1,4,8,11H2,(H,17,18). The van der Waals surface area contributed by atoms with Crippen LogP contribution in [0.1, 0.15) is 29.0 Å². The molecule has 1 aliphatic carbocycles. The van der Waals surface area contributed by atoms with E-state index >= 15 is 0 Å². The van der Waals surface area contributed by atoms with Gasteiger partial charge in [0, 0.05) is 22.9 Å². The summed E-state index contributed by atoms with van der Waals surface area (Å²) in [6, 6.07) is 5.68. The van der Waals surface area contributed by atoms with Crippen LogP contribution < -0.4 is 5.32 Å². The molecule has 0 aliphatic heterocycles. The SMILES string of the molecule is O=C(C=Cc1cccs1)NCC1(O)CCCc2occc21. The van der Waals surface area contributed by atoms with Gasteiger partial charge in [0.05, 0.1) is 12.8 Å². The first kappa shape index (κ1) is 14.1. The van der Waals surface area contributed by atoms with Crippen LogP contribution in [0.15, 0.2) is 40.3 Å². The van der Waals surface area contributed by atoms with Crippen LogP contribution in [0.3, 0.4) is 0 Å². The predicted octanol–water partition coefficient (Wildman–Crippen LogP) is 2.69. The third-order valence-corrected chi connectivity index (χ3v) is 4.58. The van der Waals surface area contributed by atoms with Gasteiger partial charge in [-0.2, -0.15) is 0 Å². The van der Waals surface area contributed by atoms with Gasteiger partial charge in [-0.1, -0.05) is 6.07 Å². The van der Waals surface area contributed by atoms with Crippen LogP contribution in [0, 0.1) is 0 Å². The highest BCUT2D eigenvalue weighted by Gasteiger charge is 2.36. The number of aliphatic hydroxyl groups is 1. The van der Waals surface area contributed by atoms with Gasteiger partial charge in [-0.3, -0.25) is 4.79 Å². The second-order valence-electron chi connectivity index (χ2n) is 5.21. The number of hydrogen-bond donors (Lipinski definition) is 2. The quantitative estimate of drug-likeness (QED) is 0.854. The lowest BCUT2D eigenvalue weighted by Crippen LogP contribution is -2.42. The Morgan fingerprint density at radius 3 is 3.24 bits per heavy atom. The molecular weight excluding hydrogens is 286 g/mol. The summed E-state index contributed by atoms with van der Waals surface area (Å²) < 4.78 is 5.37. The fourth-order valence-electron chi connectivity index (χ4n) is 2.64. The van der Waals surface area contributed by atoms with Crippen LogP contribution in [-0.4, -0.2) is 17.6 Å². The Labute approximate surface area is 127 Å². The molecule has 0 aromatic carbocycles. The molecule has 110 valence electrons. The maximum absolute atomic E-state index is 11.8. The maximum Gasteiger partial charge on any atom is 0.244 e. The van der Waals surface area contributed by atoms with E-state index < -0.39 is 5.60 Å². The topological polar surface area (TPSA) is 62.5 Å². The van der Waals surface area contributed by atoms with Crippen LogP contribution in [0.25, 0.3) is 6.08 Å². The molecule has 0 radical (unpaired) electrons. The molecule has 1 amide bonds. The van der Waals surface area contributed by atoms with E-state index in [0.29, 0.717) is 6.42 Å². The minimum absolute atomic E-state index is 0.201. The van der Waals surface area contributed by atoms with Crippen molar-refractivity contribution in [1.29, 1.82) is 0 Å². The minimum atomic E-state index is -1.02. The number of thiophene rings is 1. The summed E-state index contributed by atoms with van der Waals surface area (Å²) in [5, 5.41) is 15.5. The number of aryl methyl sites for hydroxylation is 1. The lowest BCUT2D eigenvalue weighted by molar-refractivity contribution is -0.118. The van der Waals surface area contributed by atoms with Gasteiger partial charge in [0.25, 0.3) is 0 Å². The molecule has 4 nitrogen and oxygen atoms in total. The third kappa shape index (κ3) is 3.09. The summed E-state index contributed by atoms with van der Waals surface area (Å²) in [5.41, 5.74) is -0.219. The lowest BCUT2D eigenvalue weighted by atomic mass is 9.83. The molecule has 0 saturated heterocycles. The van der Waals surface area contributed by atoms with Gasteiger partial charge in [0.1, 0.15) is 11.4 Å². The number of rotatable bonds is 4. The smallest absolute Gasteiger partial charge is 0.244 e. The first-order valence-electron chi connectivity index (χ1n) is 6.96. The average Bonchev–Trinajstić information content (AvgIpc) is 3.14. The summed E-state index contributed by atoms with van der Waals surface area (Å²) in [5.74, 6) is 0.625. The van der Waals surface area contributed by atoms with Crippen LogP contribution in [-0.2, 0) is 16.8 Å². The zero-order valence-corrected chi connectivity index (χ0v) is 12.4. The third-order valence-electron chi connectivity index (χ3n) is 3.74. The molecule has 0 saturated carbocycles. The molecule has 0 bridgehead atoms. The zero-order chi connectivity index (χ0) is 14.7. The van der Waals surface area contributed by atoms with Gasteiger partial charge in [-0.25, -0.2) is 0 Å². The average molecular weight is 303 g/mol. The highest BCUT2D eigenvalue weighted by molar-refractivity contribution is 7.10. The van der Waals surface area contributed by atoms with Gasteiger partial charge in [-0.05, 0) is 36.4 Å². The van der Waals surface area contributed by atoms with E-state index in [4.69, 9.17) is 4.42 Å². The molecule has 0 fully saturated rings. The molecule has 2 N–H and O–H groups in total. The van der Waals surface area contributed by atoms with Crippen molar-refractivity contribution in [3.63, 3.8) is 0 Å². The Bertz CT molecular complexity index is 644. The van der Waals surface area contributed by atoms with Crippen molar-refractivity contribution in [2.24, 2.45) is 0 Å². The molecular formula is C16H17NO3S. The number of hydrogen-bond acceptors (Lipinski definition) is 4. The molecule has 2 aromatic heterocycles. The molecule has 1 aliphatic rings. The summed E-state index contributed by atoms with van der Waals surface area (Å²) in [6.45, 7) is 0.202. The molecule has 2 aromatic rings. The van der Waals surface area contributed by atoms with E-state index in [0.717, 1.165) is 29.0 Å². The van der Waals surface area contributed by atoms with Gasteiger partial charge < -0.3 is 14.8 Å². The summed E-state index contributed by atoms with van der Waals surface area (Å²) in [7, 11) is 0. The van der Waals surface area contributed by atoms with Crippen LogP contribution >= 0.6 is 11.3 Å². The van der Waals surface area contributed by atoms with Crippen molar-refractivity contribution < 1.29 is 14.3 Å². The summed E-state index contributed by atoms with van der Waals surface area (Å²) in [6.07, 6.45) is 7.20. The van der Waals surface area contributed by atoms with E-state index in [1.54, 1.807) is 29.7 Å². The van der Waals surface area contributed by atoms with Crippen molar-refractivity contribution in [2.75, 3.05) is 6.54 Å². The minimum Gasteiger partial charge on any atom is -0.469 e. The largest absolute Gasteiger partial charge is 0.469 e. The van der Waals surface area contributed by atoms with Crippen molar-refractivity contribution in [1.82, 2.24) is 5.32 Å². The van der Waals surface area contributed by atoms with Crippen molar-refractivity contribution in [2.45, 2.75) is 24.9 Å². The van der Waals surface area contributed by atoms with E-state index in [1.807, 2.05) is 17.5 Å². The first-order valence-corrected chi connectivity index (χ1v) is 7.84. The molecule has 21 heavy (non-hydrogen) atoms. The number of carbonyl (C=O) groups is 1. The number of amides is 1. The molecule has 2 heterocycles. The highest BCUT2D eigenvalue weighted by atomic mass is 32.1. The lowest BCUT2D eigenvalue weighted by Gasteiger charge is -2.31. The molecule has 0 spiro atoms. The van der Waals surface area contributed by atoms with E-state index in [9.17, 15) is 9.90 Å². The Kier molecular flexibility index (Phi) is 3.94. The fourth-order valence-corrected chi connectivity index (χ4v) is 3.26. The van der Waals surface area contributed by atoms with Gasteiger partial charge >= 0.3 is 0 Å². The van der Waals surface area contributed by atoms with Crippen LogP contribution in [0.4, 0.5) is 0 Å². The van der Waals surface area contributed by atoms with Crippen LogP contribution in [0.5, 0.6) is 0 Å². The van der Waals surface area contributed by atoms with Gasteiger partial charge in [0.15, 0.2) is 0 Å². The monoisotopic (exact) mass is 303 g/mol. The summed E-state index contributed by atoms with van der Waals surface area (Å²) in [4.78, 5) is 12.9. The molecule has 1 atom stereocenters. The number of nitrogens with one attached hydrogen (secondary N) is 1. The van der Waals surface area contributed by atoms with E-state index in [2.05, 4.69) is 5.32 Å². The second-order valence-corrected chi connectivity index (χ2v) is 6.19. The van der Waals surface area contributed by atoms with Crippen molar-refractivity contribution in [3.8, 4) is 0 Å².